The molecule has 0 aliphatic rings. The highest BCUT2D eigenvalue weighted by Crippen LogP contribution is 2.14. The number of methoxy groups -OCH3 is 1. The van der Waals surface area contributed by atoms with Crippen LogP contribution in [0.15, 0.2) is 52.2 Å². The van der Waals surface area contributed by atoms with Crippen LogP contribution in [-0.4, -0.2) is 26.2 Å². The fourth-order valence-electron chi connectivity index (χ4n) is 2.09. The molecule has 1 heterocycles. The number of hydrogen-bond donors (Lipinski definition) is 2. The van der Waals surface area contributed by atoms with E-state index in [4.69, 9.17) is 4.74 Å². The van der Waals surface area contributed by atoms with Crippen LogP contribution in [0.3, 0.4) is 0 Å². The lowest BCUT2D eigenvalue weighted by molar-refractivity contribution is 0.106. The lowest BCUT2D eigenvalue weighted by atomic mass is 10.1. The summed E-state index contributed by atoms with van der Waals surface area (Å²) < 4.78 is 5.57. The standard InChI is InChI=1S/C17H23N3OS.HI/c1-3-18-17(19-11-14-9-10-22-13-14)20-12-16(21-2)15-7-5-4-6-8-15;/h4-10,13,16H,3,11-12H2,1-2H3,(H2,18,19,20);1H. The van der Waals surface area contributed by atoms with Crippen molar-refractivity contribution >= 4 is 41.3 Å². The number of hydrogen-bond acceptors (Lipinski definition) is 3. The summed E-state index contributed by atoms with van der Waals surface area (Å²) in [6, 6.07) is 12.3. The maximum absolute atomic E-state index is 5.57. The van der Waals surface area contributed by atoms with Crippen molar-refractivity contribution in [2.45, 2.75) is 19.6 Å². The van der Waals surface area contributed by atoms with Crippen molar-refractivity contribution in [3.8, 4) is 0 Å². The van der Waals surface area contributed by atoms with Crippen LogP contribution >= 0.6 is 35.3 Å². The second kappa shape index (κ2) is 11.4. The molecule has 23 heavy (non-hydrogen) atoms. The molecule has 0 saturated carbocycles. The van der Waals surface area contributed by atoms with Gasteiger partial charge in [0.1, 0.15) is 0 Å². The van der Waals surface area contributed by atoms with E-state index in [9.17, 15) is 0 Å². The maximum atomic E-state index is 5.57. The second-order valence-corrected chi connectivity index (χ2v) is 5.62. The zero-order chi connectivity index (χ0) is 15.6. The first kappa shape index (κ1) is 19.9. The lowest BCUT2D eigenvalue weighted by Crippen LogP contribution is -2.39. The molecule has 1 unspecified atom stereocenters. The van der Waals surface area contributed by atoms with Gasteiger partial charge < -0.3 is 15.4 Å². The van der Waals surface area contributed by atoms with Gasteiger partial charge in [-0.15, -0.1) is 24.0 Å². The van der Waals surface area contributed by atoms with Gasteiger partial charge in [-0.05, 0) is 34.9 Å². The number of aliphatic imine (C=N–C) groups is 1. The van der Waals surface area contributed by atoms with Gasteiger partial charge in [0, 0.05) is 20.2 Å². The Hall–Kier alpha value is -1.12. The van der Waals surface area contributed by atoms with Gasteiger partial charge in [0.05, 0.1) is 12.6 Å². The Morgan fingerprint density at radius 1 is 1.22 bits per heavy atom. The van der Waals surface area contributed by atoms with E-state index in [-0.39, 0.29) is 30.1 Å². The summed E-state index contributed by atoms with van der Waals surface area (Å²) in [5.41, 5.74) is 2.39. The number of benzene rings is 1. The highest BCUT2D eigenvalue weighted by molar-refractivity contribution is 14.0. The fourth-order valence-corrected chi connectivity index (χ4v) is 2.75. The minimum absolute atomic E-state index is 0. The van der Waals surface area contributed by atoms with Crippen molar-refractivity contribution in [1.82, 2.24) is 10.6 Å². The molecule has 126 valence electrons. The predicted molar refractivity (Wildman–Crippen MR) is 109 cm³/mol. The molecule has 0 amide bonds. The Morgan fingerprint density at radius 3 is 2.61 bits per heavy atom. The first-order valence-electron chi connectivity index (χ1n) is 7.44. The van der Waals surface area contributed by atoms with E-state index in [1.54, 1.807) is 18.4 Å². The number of ether oxygens (including phenoxy) is 1. The molecule has 2 aromatic rings. The molecule has 0 fully saturated rings. The molecular formula is C17H24IN3OS. The van der Waals surface area contributed by atoms with Crippen molar-refractivity contribution in [2.75, 3.05) is 20.2 Å². The molecule has 0 radical (unpaired) electrons. The number of guanidine groups is 1. The summed E-state index contributed by atoms with van der Waals surface area (Å²) in [4.78, 5) is 4.60. The lowest BCUT2D eigenvalue weighted by Gasteiger charge is -2.18. The zero-order valence-electron chi connectivity index (χ0n) is 13.5. The van der Waals surface area contributed by atoms with Crippen LogP contribution in [-0.2, 0) is 11.3 Å². The quantitative estimate of drug-likeness (QED) is 0.387. The SMILES string of the molecule is CCNC(=NCc1ccsc1)NCC(OC)c1ccccc1.I. The van der Waals surface area contributed by atoms with E-state index >= 15 is 0 Å². The summed E-state index contributed by atoms with van der Waals surface area (Å²) in [7, 11) is 1.73. The van der Waals surface area contributed by atoms with Gasteiger partial charge in [0.25, 0.3) is 0 Å². The van der Waals surface area contributed by atoms with E-state index < -0.39 is 0 Å². The highest BCUT2D eigenvalue weighted by Gasteiger charge is 2.10. The van der Waals surface area contributed by atoms with Crippen molar-refractivity contribution < 1.29 is 4.74 Å². The smallest absolute Gasteiger partial charge is 0.191 e. The molecule has 1 aromatic carbocycles. The maximum Gasteiger partial charge on any atom is 0.191 e. The summed E-state index contributed by atoms with van der Waals surface area (Å²) in [5.74, 6) is 0.812. The zero-order valence-corrected chi connectivity index (χ0v) is 16.6. The van der Waals surface area contributed by atoms with E-state index in [0.717, 1.165) is 18.1 Å². The Labute approximate surface area is 159 Å². The summed E-state index contributed by atoms with van der Waals surface area (Å²) in [6.45, 7) is 4.25. The van der Waals surface area contributed by atoms with Crippen LogP contribution in [0, 0.1) is 0 Å². The predicted octanol–water partition coefficient (Wildman–Crippen LogP) is 3.81. The van der Waals surface area contributed by atoms with Gasteiger partial charge in [0.15, 0.2) is 5.96 Å². The first-order valence-corrected chi connectivity index (χ1v) is 8.38. The fraction of sp³-hybridized carbons (Fsp3) is 0.353. The molecule has 0 spiro atoms. The van der Waals surface area contributed by atoms with Crippen LogP contribution < -0.4 is 10.6 Å². The molecule has 2 N–H and O–H groups in total. The van der Waals surface area contributed by atoms with Gasteiger partial charge in [0.2, 0.25) is 0 Å². The molecule has 2 rings (SSSR count). The third-order valence-electron chi connectivity index (χ3n) is 3.25. The van der Waals surface area contributed by atoms with Gasteiger partial charge >= 0.3 is 0 Å². The second-order valence-electron chi connectivity index (χ2n) is 4.84. The van der Waals surface area contributed by atoms with Gasteiger partial charge in [-0.1, -0.05) is 30.3 Å². The number of thiophene rings is 1. The van der Waals surface area contributed by atoms with Crippen LogP contribution in [0.4, 0.5) is 0 Å². The third-order valence-corrected chi connectivity index (χ3v) is 3.99. The van der Waals surface area contributed by atoms with Gasteiger partial charge in [-0.2, -0.15) is 11.3 Å². The van der Waals surface area contributed by atoms with Crippen LogP contribution in [0.5, 0.6) is 0 Å². The van der Waals surface area contributed by atoms with Crippen molar-refractivity contribution in [3.05, 3.63) is 58.3 Å². The molecule has 0 bridgehead atoms. The molecule has 4 nitrogen and oxygen atoms in total. The van der Waals surface area contributed by atoms with Crippen LogP contribution in [0.2, 0.25) is 0 Å². The number of nitrogens with one attached hydrogen (secondary N) is 2. The minimum Gasteiger partial charge on any atom is -0.375 e. The van der Waals surface area contributed by atoms with Crippen LogP contribution in [0.25, 0.3) is 0 Å². The van der Waals surface area contributed by atoms with Crippen molar-refractivity contribution in [2.24, 2.45) is 4.99 Å². The van der Waals surface area contributed by atoms with E-state index in [1.807, 2.05) is 18.2 Å². The topological polar surface area (TPSA) is 45.7 Å². The van der Waals surface area contributed by atoms with E-state index in [0.29, 0.717) is 13.1 Å². The van der Waals surface area contributed by atoms with E-state index in [1.165, 1.54) is 5.56 Å². The number of rotatable bonds is 7. The molecule has 1 aromatic heterocycles. The van der Waals surface area contributed by atoms with Crippen molar-refractivity contribution in [1.29, 1.82) is 0 Å². The van der Waals surface area contributed by atoms with Crippen molar-refractivity contribution in [3.63, 3.8) is 0 Å². The van der Waals surface area contributed by atoms with Gasteiger partial charge in [-0.3, -0.25) is 0 Å². The monoisotopic (exact) mass is 445 g/mol. The molecular weight excluding hydrogens is 421 g/mol. The third kappa shape index (κ3) is 6.88. The van der Waals surface area contributed by atoms with Crippen LogP contribution in [0.1, 0.15) is 24.2 Å². The average molecular weight is 445 g/mol. The molecule has 6 heteroatoms. The minimum atomic E-state index is 0. The largest absolute Gasteiger partial charge is 0.375 e. The molecule has 0 aliphatic heterocycles. The number of halogens is 1. The Balaban J connectivity index is 0.00000264. The van der Waals surface area contributed by atoms with Gasteiger partial charge in [-0.25, -0.2) is 4.99 Å². The Kier molecular flexibility index (Phi) is 9.89. The summed E-state index contributed by atoms with van der Waals surface area (Å²) >= 11 is 1.69. The average Bonchev–Trinajstić information content (AvgIpc) is 3.07. The summed E-state index contributed by atoms with van der Waals surface area (Å²) in [6.07, 6.45) is 0.00574. The molecule has 0 aliphatic carbocycles. The molecule has 1 atom stereocenters. The highest BCUT2D eigenvalue weighted by atomic mass is 127. The van der Waals surface area contributed by atoms with E-state index in [2.05, 4.69) is 51.5 Å². The molecule has 0 saturated heterocycles. The summed E-state index contributed by atoms with van der Waals surface area (Å²) in [5, 5.41) is 10.8. The Bertz CT molecular complexity index is 560. The Morgan fingerprint density at radius 2 is 2.00 bits per heavy atom. The first-order chi connectivity index (χ1) is 10.8. The number of nitrogens with zero attached hydrogens (tertiary/aromatic N) is 1. The normalized spacial score (nSPS) is 12.3.